The maximum atomic E-state index is 12.2. The van der Waals surface area contributed by atoms with Crippen LogP contribution in [0.5, 0.6) is 0 Å². The first kappa shape index (κ1) is 13.6. The summed E-state index contributed by atoms with van der Waals surface area (Å²) in [5.41, 5.74) is 0.913. The van der Waals surface area contributed by atoms with Crippen molar-refractivity contribution in [3.8, 4) is 0 Å². The van der Waals surface area contributed by atoms with Gasteiger partial charge in [0.05, 0.1) is 11.9 Å². The molecule has 1 N–H and O–H groups in total. The summed E-state index contributed by atoms with van der Waals surface area (Å²) in [6, 6.07) is 9.27. The molecular weight excluding hydrogens is 288 g/mol. The van der Waals surface area contributed by atoms with Crippen LogP contribution < -0.4 is 5.32 Å². The summed E-state index contributed by atoms with van der Waals surface area (Å²) in [5.74, 6) is -0.307. The van der Waals surface area contributed by atoms with E-state index in [2.05, 4.69) is 15.4 Å². The molecule has 0 bridgehead atoms. The highest BCUT2D eigenvalue weighted by Crippen LogP contribution is 2.22. The van der Waals surface area contributed by atoms with Crippen molar-refractivity contribution in [2.45, 2.75) is 13.5 Å². The zero-order valence-corrected chi connectivity index (χ0v) is 12.1. The van der Waals surface area contributed by atoms with Gasteiger partial charge >= 0.3 is 0 Å². The lowest BCUT2D eigenvalue weighted by molar-refractivity contribution is 0.102. The summed E-state index contributed by atoms with van der Waals surface area (Å²) in [6.45, 7) is 2.72. The third-order valence-electron chi connectivity index (χ3n) is 3.14. The smallest absolute Gasteiger partial charge is 0.274 e. The molecule has 2 aromatic heterocycles. The SMILES string of the molecule is CCn1cc(NC(=O)c2cc3ccccc3c(Cl)n2)cn1. The first-order valence-electron chi connectivity index (χ1n) is 6.56. The van der Waals surface area contributed by atoms with E-state index in [0.29, 0.717) is 10.8 Å². The number of halogens is 1. The second kappa shape index (κ2) is 5.54. The largest absolute Gasteiger partial charge is 0.318 e. The Balaban J connectivity index is 1.90. The van der Waals surface area contributed by atoms with Crippen LogP contribution in [0.4, 0.5) is 5.69 Å². The molecule has 3 aromatic rings. The molecule has 0 fully saturated rings. The molecule has 21 heavy (non-hydrogen) atoms. The zero-order valence-electron chi connectivity index (χ0n) is 11.4. The number of benzene rings is 1. The predicted molar refractivity (Wildman–Crippen MR) is 82.6 cm³/mol. The van der Waals surface area contributed by atoms with E-state index in [4.69, 9.17) is 11.6 Å². The van der Waals surface area contributed by atoms with Gasteiger partial charge in [-0.2, -0.15) is 5.10 Å². The van der Waals surface area contributed by atoms with E-state index >= 15 is 0 Å². The number of fused-ring (bicyclic) bond motifs is 1. The summed E-state index contributed by atoms with van der Waals surface area (Å²) in [4.78, 5) is 16.4. The molecule has 106 valence electrons. The molecule has 3 rings (SSSR count). The highest BCUT2D eigenvalue weighted by atomic mass is 35.5. The number of carbonyl (C=O) groups excluding carboxylic acids is 1. The molecule has 2 heterocycles. The minimum absolute atomic E-state index is 0.281. The van der Waals surface area contributed by atoms with Gasteiger partial charge in [-0.25, -0.2) is 4.98 Å². The molecule has 0 aliphatic carbocycles. The topological polar surface area (TPSA) is 59.8 Å². The minimum atomic E-state index is -0.307. The van der Waals surface area contributed by atoms with Crippen molar-refractivity contribution in [1.82, 2.24) is 14.8 Å². The van der Waals surface area contributed by atoms with Crippen molar-refractivity contribution in [2.24, 2.45) is 0 Å². The Morgan fingerprint density at radius 2 is 2.19 bits per heavy atom. The number of aryl methyl sites for hydroxylation is 1. The zero-order chi connectivity index (χ0) is 14.8. The molecule has 0 saturated heterocycles. The molecule has 6 heteroatoms. The van der Waals surface area contributed by atoms with Crippen LogP contribution >= 0.6 is 11.6 Å². The standard InChI is InChI=1S/C15H13ClN4O/c1-2-20-9-11(8-17-20)18-15(21)13-7-10-5-3-4-6-12(10)14(16)19-13/h3-9H,2H2,1H3,(H,18,21). The highest BCUT2D eigenvalue weighted by molar-refractivity contribution is 6.34. The van der Waals surface area contributed by atoms with Gasteiger partial charge in [0.25, 0.3) is 5.91 Å². The van der Waals surface area contributed by atoms with Crippen LogP contribution in [-0.2, 0) is 6.54 Å². The van der Waals surface area contributed by atoms with Crippen molar-refractivity contribution in [2.75, 3.05) is 5.32 Å². The van der Waals surface area contributed by atoms with Gasteiger partial charge in [-0.3, -0.25) is 9.48 Å². The Labute approximate surface area is 126 Å². The average molecular weight is 301 g/mol. The van der Waals surface area contributed by atoms with Crippen LogP contribution in [-0.4, -0.2) is 20.7 Å². The van der Waals surface area contributed by atoms with Gasteiger partial charge < -0.3 is 5.32 Å². The minimum Gasteiger partial charge on any atom is -0.318 e. The average Bonchev–Trinajstić information content (AvgIpc) is 2.95. The summed E-state index contributed by atoms with van der Waals surface area (Å²) < 4.78 is 1.73. The second-order valence-electron chi connectivity index (χ2n) is 4.56. The molecule has 0 saturated carbocycles. The number of anilines is 1. The lowest BCUT2D eigenvalue weighted by atomic mass is 10.1. The number of nitrogens with zero attached hydrogens (tertiary/aromatic N) is 3. The number of nitrogens with one attached hydrogen (secondary N) is 1. The normalized spacial score (nSPS) is 10.8. The van der Waals surface area contributed by atoms with Crippen LogP contribution in [0, 0.1) is 0 Å². The molecule has 1 amide bonds. The van der Waals surface area contributed by atoms with Gasteiger partial charge in [-0.15, -0.1) is 0 Å². The summed E-state index contributed by atoms with van der Waals surface area (Å²) in [6.07, 6.45) is 3.37. The van der Waals surface area contributed by atoms with E-state index < -0.39 is 0 Å². The Hall–Kier alpha value is -2.40. The summed E-state index contributed by atoms with van der Waals surface area (Å²) >= 11 is 6.13. The fraction of sp³-hybridized carbons (Fsp3) is 0.133. The van der Waals surface area contributed by atoms with E-state index in [9.17, 15) is 4.79 Å². The lowest BCUT2D eigenvalue weighted by Crippen LogP contribution is -2.13. The number of carbonyl (C=O) groups is 1. The van der Waals surface area contributed by atoms with Gasteiger partial charge in [-0.05, 0) is 18.4 Å². The summed E-state index contributed by atoms with van der Waals surface area (Å²) in [7, 11) is 0. The molecule has 0 unspecified atom stereocenters. The van der Waals surface area contributed by atoms with Crippen molar-refractivity contribution in [3.63, 3.8) is 0 Å². The van der Waals surface area contributed by atoms with Gasteiger partial charge in [-0.1, -0.05) is 35.9 Å². The number of aromatic nitrogens is 3. The van der Waals surface area contributed by atoms with Crippen LogP contribution in [0.1, 0.15) is 17.4 Å². The molecular formula is C15H13ClN4O. The second-order valence-corrected chi connectivity index (χ2v) is 4.92. The van der Waals surface area contributed by atoms with E-state index in [1.54, 1.807) is 23.1 Å². The van der Waals surface area contributed by atoms with E-state index in [1.807, 2.05) is 31.2 Å². The van der Waals surface area contributed by atoms with Gasteiger partial charge in [0, 0.05) is 18.1 Å². The quantitative estimate of drug-likeness (QED) is 0.755. The number of pyridine rings is 1. The number of rotatable bonds is 3. The van der Waals surface area contributed by atoms with Crippen molar-refractivity contribution in [3.05, 3.63) is 53.6 Å². The molecule has 0 aliphatic rings. The van der Waals surface area contributed by atoms with E-state index in [0.717, 1.165) is 17.3 Å². The number of hydrogen-bond acceptors (Lipinski definition) is 3. The number of amides is 1. The molecule has 5 nitrogen and oxygen atoms in total. The van der Waals surface area contributed by atoms with Crippen LogP contribution in [0.15, 0.2) is 42.7 Å². The Morgan fingerprint density at radius 3 is 2.95 bits per heavy atom. The van der Waals surface area contributed by atoms with Gasteiger partial charge in [0.15, 0.2) is 0 Å². The van der Waals surface area contributed by atoms with Gasteiger partial charge in [0.2, 0.25) is 0 Å². The molecule has 0 atom stereocenters. The Kier molecular flexibility index (Phi) is 3.58. The number of hydrogen-bond donors (Lipinski definition) is 1. The van der Waals surface area contributed by atoms with Crippen molar-refractivity contribution < 1.29 is 4.79 Å². The van der Waals surface area contributed by atoms with Crippen LogP contribution in [0.3, 0.4) is 0 Å². The van der Waals surface area contributed by atoms with Crippen LogP contribution in [0.2, 0.25) is 5.15 Å². The maximum absolute atomic E-state index is 12.2. The first-order chi connectivity index (χ1) is 10.2. The van der Waals surface area contributed by atoms with Crippen molar-refractivity contribution >= 4 is 34.0 Å². The monoisotopic (exact) mass is 300 g/mol. The van der Waals surface area contributed by atoms with E-state index in [1.165, 1.54) is 0 Å². The van der Waals surface area contributed by atoms with Gasteiger partial charge in [0.1, 0.15) is 10.8 Å². The molecule has 0 spiro atoms. The predicted octanol–water partition coefficient (Wildman–Crippen LogP) is 3.36. The third kappa shape index (κ3) is 2.73. The first-order valence-corrected chi connectivity index (χ1v) is 6.94. The fourth-order valence-electron chi connectivity index (χ4n) is 2.07. The summed E-state index contributed by atoms with van der Waals surface area (Å²) in [5, 5.41) is 8.90. The third-order valence-corrected chi connectivity index (χ3v) is 3.43. The maximum Gasteiger partial charge on any atom is 0.274 e. The van der Waals surface area contributed by atoms with Crippen molar-refractivity contribution in [1.29, 1.82) is 0 Å². The Morgan fingerprint density at radius 1 is 1.38 bits per heavy atom. The van der Waals surface area contributed by atoms with Crippen LogP contribution in [0.25, 0.3) is 10.8 Å². The molecule has 0 radical (unpaired) electrons. The Bertz CT molecular complexity index is 812. The molecule has 1 aromatic carbocycles. The lowest BCUT2D eigenvalue weighted by Gasteiger charge is -2.05. The highest BCUT2D eigenvalue weighted by Gasteiger charge is 2.12. The fourth-order valence-corrected chi connectivity index (χ4v) is 2.33. The molecule has 0 aliphatic heterocycles. The van der Waals surface area contributed by atoms with E-state index in [-0.39, 0.29) is 11.6 Å².